The van der Waals surface area contributed by atoms with Gasteiger partial charge in [0, 0.05) is 35.5 Å². The smallest absolute Gasteiger partial charge is 0.322 e. The van der Waals surface area contributed by atoms with Crippen molar-refractivity contribution in [2.24, 2.45) is 0 Å². The number of rotatable bonds is 5. The molecule has 3 aliphatic heterocycles. The number of urea groups is 1. The van der Waals surface area contributed by atoms with Crippen molar-refractivity contribution < 1.29 is 19.1 Å². The topological polar surface area (TPSA) is 104 Å². The van der Waals surface area contributed by atoms with E-state index in [4.69, 9.17) is 4.74 Å². The summed E-state index contributed by atoms with van der Waals surface area (Å²) < 4.78 is 5.24. The minimum Gasteiger partial charge on any atom is -0.497 e. The van der Waals surface area contributed by atoms with Crippen LogP contribution in [0, 0.1) is 0 Å². The summed E-state index contributed by atoms with van der Waals surface area (Å²) in [4.78, 5) is 46.8. The molecule has 0 aliphatic carbocycles. The zero-order chi connectivity index (χ0) is 23.2. The van der Waals surface area contributed by atoms with Gasteiger partial charge in [0.2, 0.25) is 0 Å². The average Bonchev–Trinajstić information content (AvgIpc) is 3.29. The second-order valence-corrected chi connectivity index (χ2v) is 9.05. The number of methoxy groups -OCH3 is 1. The number of fused-ring (bicyclic) bond motifs is 1. The molecule has 1 aromatic carbocycles. The maximum Gasteiger partial charge on any atom is 0.322 e. The first kappa shape index (κ1) is 21.4. The van der Waals surface area contributed by atoms with Crippen molar-refractivity contribution in [3.63, 3.8) is 0 Å². The number of imide groups is 1. The molecule has 1 aromatic heterocycles. The molecular weight excluding hydrogens is 422 g/mol. The first-order valence-electron chi connectivity index (χ1n) is 11.1. The molecule has 2 N–H and O–H groups in total. The number of hydrogen-bond acceptors (Lipinski definition) is 6. The van der Waals surface area contributed by atoms with Crippen molar-refractivity contribution in [2.45, 2.75) is 30.8 Å². The number of ether oxygens (including phenoxy) is 1. The van der Waals surface area contributed by atoms with Crippen molar-refractivity contribution in [3.8, 4) is 5.75 Å². The Hall–Kier alpha value is -3.46. The molecule has 2 fully saturated rings. The number of nitrogens with one attached hydrogen (secondary N) is 2. The highest BCUT2D eigenvalue weighted by atomic mass is 16.5. The monoisotopic (exact) mass is 449 g/mol. The highest BCUT2D eigenvalue weighted by molar-refractivity contribution is 6.08. The molecule has 0 saturated carbocycles. The molecular formula is C24H27N5O4. The van der Waals surface area contributed by atoms with E-state index in [0.717, 1.165) is 37.2 Å². The van der Waals surface area contributed by atoms with Crippen LogP contribution in [0.5, 0.6) is 5.75 Å². The number of amides is 4. The predicted octanol–water partition coefficient (Wildman–Crippen LogP) is 1.59. The third-order valence-corrected chi connectivity index (χ3v) is 6.98. The minimum atomic E-state index is -1.39. The van der Waals surface area contributed by atoms with Gasteiger partial charge in [0.15, 0.2) is 5.54 Å². The molecule has 4 heterocycles. The van der Waals surface area contributed by atoms with Crippen LogP contribution in [0.4, 0.5) is 4.79 Å². The zero-order valence-corrected chi connectivity index (χ0v) is 18.8. The van der Waals surface area contributed by atoms with E-state index in [-0.39, 0.29) is 12.5 Å². The minimum absolute atomic E-state index is 0.00958. The van der Waals surface area contributed by atoms with Crippen LogP contribution in [-0.2, 0) is 16.9 Å². The highest BCUT2D eigenvalue weighted by Gasteiger charge is 2.50. The molecule has 3 aliphatic rings. The summed E-state index contributed by atoms with van der Waals surface area (Å²) in [6.45, 7) is 2.41. The summed E-state index contributed by atoms with van der Waals surface area (Å²) >= 11 is 0. The van der Waals surface area contributed by atoms with Crippen molar-refractivity contribution in [1.82, 2.24) is 25.4 Å². The molecule has 172 valence electrons. The molecule has 0 spiro atoms. The first-order valence-corrected chi connectivity index (χ1v) is 11.1. The lowest BCUT2D eigenvalue weighted by atomic mass is 9.88. The van der Waals surface area contributed by atoms with Gasteiger partial charge < -0.3 is 19.9 Å². The van der Waals surface area contributed by atoms with Gasteiger partial charge in [-0.15, -0.1) is 0 Å². The number of piperidine rings is 1. The van der Waals surface area contributed by atoms with E-state index in [1.807, 2.05) is 18.2 Å². The Morgan fingerprint density at radius 1 is 1.15 bits per heavy atom. The number of benzene rings is 1. The summed E-state index contributed by atoms with van der Waals surface area (Å²) in [7, 11) is 3.67. The number of aromatic nitrogens is 1. The van der Waals surface area contributed by atoms with Gasteiger partial charge in [-0.05, 0) is 56.7 Å². The van der Waals surface area contributed by atoms with Gasteiger partial charge in [0.1, 0.15) is 5.75 Å². The molecule has 9 nitrogen and oxygen atoms in total. The van der Waals surface area contributed by atoms with E-state index in [1.54, 1.807) is 30.3 Å². The third-order valence-electron chi connectivity index (χ3n) is 6.98. The largest absolute Gasteiger partial charge is 0.497 e. The van der Waals surface area contributed by atoms with Crippen LogP contribution in [0.25, 0.3) is 0 Å². The van der Waals surface area contributed by atoms with Crippen LogP contribution >= 0.6 is 0 Å². The maximum atomic E-state index is 13.1. The Morgan fingerprint density at radius 3 is 2.58 bits per heavy atom. The van der Waals surface area contributed by atoms with Gasteiger partial charge in [-0.1, -0.05) is 12.1 Å². The van der Waals surface area contributed by atoms with Gasteiger partial charge in [-0.25, -0.2) is 4.79 Å². The highest BCUT2D eigenvalue weighted by Crippen LogP contribution is 2.33. The van der Waals surface area contributed by atoms with E-state index in [0.29, 0.717) is 29.3 Å². The predicted molar refractivity (Wildman–Crippen MR) is 120 cm³/mol. The summed E-state index contributed by atoms with van der Waals surface area (Å²) in [5.74, 6) is 0.290. The van der Waals surface area contributed by atoms with Crippen molar-refractivity contribution >= 4 is 17.8 Å². The van der Waals surface area contributed by atoms with Gasteiger partial charge in [-0.2, -0.15) is 0 Å². The molecule has 5 rings (SSSR count). The second-order valence-electron chi connectivity index (χ2n) is 9.05. The van der Waals surface area contributed by atoms with Crippen LogP contribution in [0.3, 0.4) is 0 Å². The van der Waals surface area contributed by atoms with E-state index in [9.17, 15) is 14.4 Å². The van der Waals surface area contributed by atoms with Crippen molar-refractivity contribution in [1.29, 1.82) is 0 Å². The maximum absolute atomic E-state index is 13.1. The molecule has 4 amide bonds. The number of hydrogen-bond donors (Lipinski definition) is 2. The number of carbonyl (C=O) groups excluding carboxylic acids is 3. The quantitative estimate of drug-likeness (QED) is 0.672. The van der Waals surface area contributed by atoms with E-state index >= 15 is 0 Å². The molecule has 1 atom stereocenters. The van der Waals surface area contributed by atoms with Crippen LogP contribution in [-0.4, -0.2) is 66.4 Å². The van der Waals surface area contributed by atoms with Gasteiger partial charge in [-0.3, -0.25) is 19.9 Å². The van der Waals surface area contributed by atoms with Crippen molar-refractivity contribution in [3.05, 3.63) is 58.9 Å². The molecule has 33 heavy (non-hydrogen) atoms. The number of pyridine rings is 1. The number of nitrogens with zero attached hydrogens (tertiary/aromatic N) is 3. The first-order chi connectivity index (χ1) is 15.9. The number of carbonyl (C=O) groups is 3. The Bertz CT molecular complexity index is 1110. The van der Waals surface area contributed by atoms with E-state index in [2.05, 4.69) is 27.6 Å². The fraction of sp³-hybridized carbons (Fsp3) is 0.417. The normalized spacial score (nSPS) is 23.5. The Morgan fingerprint density at radius 2 is 1.94 bits per heavy atom. The zero-order valence-electron chi connectivity index (χ0n) is 18.8. The van der Waals surface area contributed by atoms with Gasteiger partial charge >= 0.3 is 6.03 Å². The molecule has 0 radical (unpaired) electrons. The molecule has 0 unspecified atom stereocenters. The fourth-order valence-corrected chi connectivity index (χ4v) is 4.98. The SMILES string of the molecule is COc1ccc2c(c1)C(=O)N(C[C@@]1(c3ccc(C4CCN(C)CC4)nc3)NC(=O)NC1=O)C2. The van der Waals surface area contributed by atoms with E-state index < -0.39 is 17.5 Å². The lowest BCUT2D eigenvalue weighted by Gasteiger charge is -2.32. The van der Waals surface area contributed by atoms with Crippen LogP contribution in [0.2, 0.25) is 0 Å². The van der Waals surface area contributed by atoms with Gasteiger partial charge in [0.05, 0.1) is 13.7 Å². The van der Waals surface area contributed by atoms with Crippen LogP contribution < -0.4 is 15.4 Å². The molecule has 0 bridgehead atoms. The van der Waals surface area contributed by atoms with Gasteiger partial charge in [0.25, 0.3) is 11.8 Å². The van der Waals surface area contributed by atoms with E-state index in [1.165, 1.54) is 0 Å². The third kappa shape index (κ3) is 3.72. The molecule has 2 saturated heterocycles. The van der Waals surface area contributed by atoms with Crippen molar-refractivity contribution in [2.75, 3.05) is 33.8 Å². The Balaban J connectivity index is 1.42. The van der Waals surface area contributed by atoms with Crippen LogP contribution in [0.1, 0.15) is 45.9 Å². The lowest BCUT2D eigenvalue weighted by molar-refractivity contribution is -0.124. The second kappa shape index (κ2) is 8.15. The Kier molecular flexibility index (Phi) is 5.28. The summed E-state index contributed by atoms with van der Waals surface area (Å²) in [5.41, 5.74) is 1.56. The summed E-state index contributed by atoms with van der Waals surface area (Å²) in [6.07, 6.45) is 3.74. The number of likely N-dealkylation sites (tertiary alicyclic amines) is 1. The lowest BCUT2D eigenvalue weighted by Crippen LogP contribution is -2.52. The summed E-state index contributed by atoms with van der Waals surface area (Å²) in [5, 5.41) is 5.11. The fourth-order valence-electron chi connectivity index (χ4n) is 4.98. The molecule has 9 heteroatoms. The average molecular weight is 450 g/mol. The standard InChI is InChI=1S/C24H27N5O4/c1-28-9-7-15(8-10-28)20-6-4-17(12-25-20)24(22(31)26-23(32)27-24)14-29-13-16-3-5-18(33-2)11-19(16)21(29)30/h3-6,11-12,15H,7-10,13-14H2,1-2H3,(H2,26,27,31,32)/t24-/m0/s1. The van der Waals surface area contributed by atoms with Crippen LogP contribution in [0.15, 0.2) is 36.5 Å². The summed E-state index contributed by atoms with van der Waals surface area (Å²) in [6, 6.07) is 8.57. The molecule has 2 aromatic rings. The Labute approximate surface area is 192 Å².